The Hall–Kier alpha value is -1.55. The van der Waals surface area contributed by atoms with E-state index < -0.39 is 0 Å². The zero-order chi connectivity index (χ0) is 13.9. The van der Waals surface area contributed by atoms with Crippen LogP contribution in [0.15, 0.2) is 24.3 Å². The van der Waals surface area contributed by atoms with Crippen molar-refractivity contribution in [1.29, 1.82) is 0 Å². The van der Waals surface area contributed by atoms with Gasteiger partial charge in [-0.15, -0.1) is 0 Å². The van der Waals surface area contributed by atoms with Crippen LogP contribution in [0.4, 0.5) is 0 Å². The third-order valence-corrected chi connectivity index (χ3v) is 4.03. The van der Waals surface area contributed by atoms with Gasteiger partial charge in [-0.25, -0.2) is 0 Å². The molecule has 0 bridgehead atoms. The summed E-state index contributed by atoms with van der Waals surface area (Å²) in [7, 11) is 1.59. The van der Waals surface area contributed by atoms with Crippen molar-refractivity contribution in [2.45, 2.75) is 25.4 Å². The van der Waals surface area contributed by atoms with Gasteiger partial charge in [-0.2, -0.15) is 0 Å². The molecular formula is C16H21NO3. The van der Waals surface area contributed by atoms with Gasteiger partial charge in [0.1, 0.15) is 5.75 Å². The molecule has 4 heteroatoms. The molecule has 1 aromatic rings. The molecule has 0 spiro atoms. The third kappa shape index (κ3) is 2.96. The number of rotatable bonds is 5. The molecule has 4 nitrogen and oxygen atoms in total. The highest BCUT2D eigenvalue weighted by molar-refractivity contribution is 5.97. The number of benzene rings is 1. The van der Waals surface area contributed by atoms with Crippen LogP contribution in [-0.4, -0.2) is 43.7 Å². The van der Waals surface area contributed by atoms with E-state index in [2.05, 4.69) is 0 Å². The summed E-state index contributed by atoms with van der Waals surface area (Å²) < 4.78 is 11.1. The Morgan fingerprint density at radius 2 is 2.10 bits per heavy atom. The highest BCUT2D eigenvalue weighted by atomic mass is 16.5. The number of hydrogen-bond acceptors (Lipinski definition) is 3. The van der Waals surface area contributed by atoms with Crippen molar-refractivity contribution in [3.63, 3.8) is 0 Å². The molecule has 0 N–H and O–H groups in total. The predicted octanol–water partition coefficient (Wildman–Crippen LogP) is 2.34. The van der Waals surface area contributed by atoms with E-state index >= 15 is 0 Å². The smallest absolute Gasteiger partial charge is 0.257 e. The second-order valence-corrected chi connectivity index (χ2v) is 5.64. The van der Waals surface area contributed by atoms with Crippen LogP contribution in [0.3, 0.4) is 0 Å². The molecule has 108 valence electrons. The summed E-state index contributed by atoms with van der Waals surface area (Å²) in [5, 5.41) is 0. The summed E-state index contributed by atoms with van der Waals surface area (Å²) in [5.41, 5.74) is 0.637. The first kappa shape index (κ1) is 13.4. The summed E-state index contributed by atoms with van der Waals surface area (Å²) >= 11 is 0. The summed E-state index contributed by atoms with van der Waals surface area (Å²) in [5.74, 6) is 1.45. The summed E-state index contributed by atoms with van der Waals surface area (Å²) in [6, 6.07) is 7.39. The number of hydrogen-bond donors (Lipinski definition) is 0. The number of nitrogens with zero attached hydrogens (tertiary/aromatic N) is 1. The number of carbonyl (C=O) groups excluding carboxylic acids is 1. The molecule has 1 atom stereocenters. The van der Waals surface area contributed by atoms with Crippen LogP contribution in [0.1, 0.15) is 29.6 Å². The summed E-state index contributed by atoms with van der Waals surface area (Å²) in [4.78, 5) is 14.4. The maximum atomic E-state index is 12.5. The molecule has 2 fully saturated rings. The number of ether oxygens (including phenoxy) is 2. The van der Waals surface area contributed by atoms with Gasteiger partial charge in [0.2, 0.25) is 0 Å². The normalized spacial score (nSPS) is 22.1. The second kappa shape index (κ2) is 5.83. The molecule has 1 heterocycles. The highest BCUT2D eigenvalue weighted by Gasteiger charge is 2.30. The van der Waals surface area contributed by atoms with Gasteiger partial charge in [-0.1, -0.05) is 12.1 Å². The van der Waals surface area contributed by atoms with Crippen molar-refractivity contribution >= 4 is 5.91 Å². The molecule has 20 heavy (non-hydrogen) atoms. The highest BCUT2D eigenvalue weighted by Crippen LogP contribution is 2.30. The Balaban J connectivity index is 1.59. The van der Waals surface area contributed by atoms with Crippen LogP contribution >= 0.6 is 0 Å². The largest absolute Gasteiger partial charge is 0.496 e. The Morgan fingerprint density at radius 3 is 2.85 bits per heavy atom. The quantitative estimate of drug-likeness (QED) is 0.828. The van der Waals surface area contributed by atoms with Gasteiger partial charge in [-0.05, 0) is 37.3 Å². The topological polar surface area (TPSA) is 38.8 Å². The number of methoxy groups -OCH3 is 1. The molecule has 2 aliphatic rings. The molecule has 1 unspecified atom stereocenters. The zero-order valence-corrected chi connectivity index (χ0v) is 11.9. The van der Waals surface area contributed by atoms with E-state index in [4.69, 9.17) is 9.47 Å². The molecule has 1 amide bonds. The van der Waals surface area contributed by atoms with Crippen LogP contribution in [0.2, 0.25) is 0 Å². The lowest BCUT2D eigenvalue weighted by atomic mass is 10.2. The average Bonchev–Trinajstić information content (AvgIpc) is 3.21. The van der Waals surface area contributed by atoms with Crippen molar-refractivity contribution in [3.8, 4) is 5.75 Å². The first-order chi connectivity index (χ1) is 9.78. The summed E-state index contributed by atoms with van der Waals surface area (Å²) in [6.45, 7) is 2.33. The molecule has 1 aliphatic heterocycles. The average molecular weight is 275 g/mol. The van der Waals surface area contributed by atoms with Gasteiger partial charge < -0.3 is 14.4 Å². The van der Waals surface area contributed by atoms with Gasteiger partial charge in [-0.3, -0.25) is 4.79 Å². The van der Waals surface area contributed by atoms with Crippen molar-refractivity contribution < 1.29 is 14.3 Å². The Kier molecular flexibility index (Phi) is 3.92. The zero-order valence-electron chi connectivity index (χ0n) is 11.9. The number of carbonyl (C=O) groups is 1. The monoisotopic (exact) mass is 275 g/mol. The maximum absolute atomic E-state index is 12.5. The van der Waals surface area contributed by atoms with Crippen LogP contribution in [-0.2, 0) is 4.74 Å². The standard InChI is InChI=1S/C16H21NO3/c1-19-15-5-3-2-4-14(15)16(18)17-9-8-13(10-17)20-11-12-6-7-12/h2-5,12-13H,6-11H2,1H3. The Bertz CT molecular complexity index is 484. The molecule has 3 rings (SSSR count). The minimum absolute atomic E-state index is 0.0416. The lowest BCUT2D eigenvalue weighted by molar-refractivity contribution is 0.0479. The SMILES string of the molecule is COc1ccccc1C(=O)N1CCC(OCC2CC2)C1. The molecular weight excluding hydrogens is 254 g/mol. The van der Waals surface area contributed by atoms with Crippen molar-refractivity contribution in [2.75, 3.05) is 26.8 Å². The minimum atomic E-state index is 0.0416. The molecule has 0 radical (unpaired) electrons. The van der Waals surface area contributed by atoms with Crippen molar-refractivity contribution in [1.82, 2.24) is 4.90 Å². The number of likely N-dealkylation sites (tertiary alicyclic amines) is 1. The molecule has 1 saturated carbocycles. The molecule has 0 aromatic heterocycles. The van der Waals surface area contributed by atoms with Crippen LogP contribution in [0, 0.1) is 5.92 Å². The van der Waals surface area contributed by atoms with E-state index in [1.807, 2.05) is 29.2 Å². The fourth-order valence-corrected chi connectivity index (χ4v) is 2.60. The lowest BCUT2D eigenvalue weighted by Gasteiger charge is -2.18. The van der Waals surface area contributed by atoms with Crippen molar-refractivity contribution in [3.05, 3.63) is 29.8 Å². The van der Waals surface area contributed by atoms with Gasteiger partial charge in [0.05, 0.1) is 18.8 Å². The number of amides is 1. The summed E-state index contributed by atoms with van der Waals surface area (Å²) in [6.07, 6.45) is 3.75. The van der Waals surface area contributed by atoms with Gasteiger partial charge >= 0.3 is 0 Å². The molecule has 1 aromatic carbocycles. The van der Waals surface area contributed by atoms with Crippen LogP contribution in [0.5, 0.6) is 5.75 Å². The van der Waals surface area contributed by atoms with Crippen molar-refractivity contribution in [2.24, 2.45) is 5.92 Å². The van der Waals surface area contributed by atoms with Crippen LogP contribution in [0.25, 0.3) is 0 Å². The lowest BCUT2D eigenvalue weighted by Crippen LogP contribution is -2.30. The van der Waals surface area contributed by atoms with Gasteiger partial charge in [0.25, 0.3) is 5.91 Å². The van der Waals surface area contributed by atoms with E-state index in [0.717, 1.165) is 25.5 Å². The van der Waals surface area contributed by atoms with Gasteiger partial charge in [0, 0.05) is 19.7 Å². The molecule has 1 aliphatic carbocycles. The first-order valence-electron chi connectivity index (χ1n) is 7.32. The third-order valence-electron chi connectivity index (χ3n) is 4.03. The van der Waals surface area contributed by atoms with E-state index in [-0.39, 0.29) is 12.0 Å². The predicted molar refractivity (Wildman–Crippen MR) is 76.0 cm³/mol. The Labute approximate surface area is 119 Å². The van der Waals surface area contributed by atoms with E-state index in [9.17, 15) is 4.79 Å². The molecule has 1 saturated heterocycles. The van der Waals surface area contributed by atoms with Crippen LogP contribution < -0.4 is 4.74 Å². The minimum Gasteiger partial charge on any atom is -0.496 e. The van der Waals surface area contributed by atoms with Gasteiger partial charge in [0.15, 0.2) is 0 Å². The second-order valence-electron chi connectivity index (χ2n) is 5.64. The Morgan fingerprint density at radius 1 is 1.30 bits per heavy atom. The van der Waals surface area contributed by atoms with E-state index in [0.29, 0.717) is 17.9 Å². The maximum Gasteiger partial charge on any atom is 0.257 e. The fourth-order valence-electron chi connectivity index (χ4n) is 2.60. The number of para-hydroxylation sites is 1. The van der Waals surface area contributed by atoms with E-state index in [1.165, 1.54) is 12.8 Å². The first-order valence-corrected chi connectivity index (χ1v) is 7.32. The van der Waals surface area contributed by atoms with E-state index in [1.54, 1.807) is 7.11 Å². The fraction of sp³-hybridized carbons (Fsp3) is 0.562.